The summed E-state index contributed by atoms with van der Waals surface area (Å²) in [7, 11) is 3.91. The molecule has 25 heavy (non-hydrogen) atoms. The molecule has 2 rings (SSSR count). The van der Waals surface area contributed by atoms with Gasteiger partial charge in [-0.3, -0.25) is 14.4 Å². The third-order valence-corrected chi connectivity index (χ3v) is 3.51. The van der Waals surface area contributed by atoms with Gasteiger partial charge in [0.25, 0.3) is 11.5 Å². The number of rotatable bonds is 7. The van der Waals surface area contributed by atoms with Crippen molar-refractivity contribution in [2.24, 2.45) is 0 Å². The lowest BCUT2D eigenvalue weighted by molar-refractivity contribution is -0.149. The number of nitrogens with one attached hydrogen (secondary N) is 1. The molecule has 0 saturated carbocycles. The maximum absolute atomic E-state index is 11.8. The lowest BCUT2D eigenvalue weighted by Gasteiger charge is -2.13. The fraction of sp³-hybridized carbons (Fsp3) is 0.278. The van der Waals surface area contributed by atoms with Crippen LogP contribution in [-0.4, -0.2) is 37.1 Å². The van der Waals surface area contributed by atoms with Crippen LogP contribution in [0.2, 0.25) is 0 Å². The second-order valence-corrected chi connectivity index (χ2v) is 5.67. The van der Waals surface area contributed by atoms with Crippen LogP contribution in [0.3, 0.4) is 0 Å². The highest BCUT2D eigenvalue weighted by Gasteiger charge is 2.09. The van der Waals surface area contributed by atoms with Gasteiger partial charge in [-0.15, -0.1) is 0 Å². The van der Waals surface area contributed by atoms with Crippen molar-refractivity contribution in [3.05, 3.63) is 64.6 Å². The molecular formula is C18H21N3O4. The monoisotopic (exact) mass is 343 g/mol. The number of esters is 1. The van der Waals surface area contributed by atoms with Crippen molar-refractivity contribution in [1.82, 2.24) is 9.88 Å². The molecule has 0 aliphatic rings. The first-order chi connectivity index (χ1) is 12.0. The van der Waals surface area contributed by atoms with Gasteiger partial charge in [-0.1, -0.05) is 18.2 Å². The Bertz CT molecular complexity index is 781. The number of nitrogens with zero attached hydrogens (tertiary/aromatic N) is 2. The van der Waals surface area contributed by atoms with E-state index < -0.39 is 11.9 Å². The standard InChI is InChI=1S/C18H21N3O4/c1-20(2)15-8-6-14(7-9-15)11-19-16(22)13-25-18(24)12-21-10-4-3-5-17(21)23/h3-10H,11-13H2,1-2H3,(H,19,22). The van der Waals surface area contributed by atoms with Crippen molar-refractivity contribution >= 4 is 17.6 Å². The summed E-state index contributed by atoms with van der Waals surface area (Å²) >= 11 is 0. The molecule has 7 heteroatoms. The van der Waals surface area contributed by atoms with E-state index in [0.29, 0.717) is 6.54 Å². The molecule has 1 aromatic carbocycles. The topological polar surface area (TPSA) is 80.6 Å². The second kappa shape index (κ2) is 8.68. The van der Waals surface area contributed by atoms with Crippen LogP contribution in [-0.2, 0) is 27.4 Å². The molecule has 0 unspecified atom stereocenters. The van der Waals surface area contributed by atoms with Gasteiger partial charge in [0.2, 0.25) is 0 Å². The first-order valence-corrected chi connectivity index (χ1v) is 7.80. The number of amides is 1. The fourth-order valence-electron chi connectivity index (χ4n) is 2.09. The van der Waals surface area contributed by atoms with E-state index in [1.807, 2.05) is 43.3 Å². The molecule has 0 bridgehead atoms. The summed E-state index contributed by atoms with van der Waals surface area (Å²) < 4.78 is 6.10. The van der Waals surface area contributed by atoms with E-state index in [4.69, 9.17) is 4.74 Å². The predicted octanol–water partition coefficient (Wildman–Crippen LogP) is 0.774. The third-order valence-electron chi connectivity index (χ3n) is 3.51. The lowest BCUT2D eigenvalue weighted by Crippen LogP contribution is -2.30. The van der Waals surface area contributed by atoms with Crippen LogP contribution in [0.25, 0.3) is 0 Å². The Morgan fingerprint density at radius 3 is 2.48 bits per heavy atom. The van der Waals surface area contributed by atoms with Crippen LogP contribution in [0, 0.1) is 0 Å². The van der Waals surface area contributed by atoms with Crippen molar-refractivity contribution in [2.45, 2.75) is 13.1 Å². The SMILES string of the molecule is CN(C)c1ccc(CNC(=O)COC(=O)Cn2ccccc2=O)cc1. The smallest absolute Gasteiger partial charge is 0.326 e. The van der Waals surface area contributed by atoms with E-state index in [9.17, 15) is 14.4 Å². The van der Waals surface area contributed by atoms with Gasteiger partial charge >= 0.3 is 5.97 Å². The van der Waals surface area contributed by atoms with Gasteiger partial charge in [0, 0.05) is 38.6 Å². The molecule has 1 heterocycles. The van der Waals surface area contributed by atoms with Gasteiger partial charge in [-0.25, -0.2) is 0 Å². The molecule has 1 N–H and O–H groups in total. The molecule has 7 nitrogen and oxygen atoms in total. The summed E-state index contributed by atoms with van der Waals surface area (Å²) in [6, 6.07) is 12.3. The maximum atomic E-state index is 11.8. The summed E-state index contributed by atoms with van der Waals surface area (Å²) in [6.45, 7) is -0.253. The van der Waals surface area contributed by atoms with Crippen molar-refractivity contribution in [3.8, 4) is 0 Å². The van der Waals surface area contributed by atoms with Gasteiger partial charge in [0.15, 0.2) is 6.61 Å². The minimum Gasteiger partial charge on any atom is -0.454 e. The van der Waals surface area contributed by atoms with Crippen LogP contribution >= 0.6 is 0 Å². The van der Waals surface area contributed by atoms with E-state index in [-0.39, 0.29) is 18.7 Å². The largest absolute Gasteiger partial charge is 0.454 e. The molecular weight excluding hydrogens is 322 g/mol. The van der Waals surface area contributed by atoms with Gasteiger partial charge in [-0.05, 0) is 23.8 Å². The minimum absolute atomic E-state index is 0.223. The third kappa shape index (κ3) is 5.80. The number of anilines is 1. The number of hydrogen-bond donors (Lipinski definition) is 1. The van der Waals surface area contributed by atoms with Crippen molar-refractivity contribution in [1.29, 1.82) is 0 Å². The number of hydrogen-bond acceptors (Lipinski definition) is 5. The normalized spacial score (nSPS) is 10.2. The highest BCUT2D eigenvalue weighted by molar-refractivity contribution is 5.80. The van der Waals surface area contributed by atoms with Gasteiger partial charge in [0.05, 0.1) is 0 Å². The number of pyridine rings is 1. The first-order valence-electron chi connectivity index (χ1n) is 7.80. The Balaban J connectivity index is 1.74. The summed E-state index contributed by atoms with van der Waals surface area (Å²) in [4.78, 5) is 36.9. The van der Waals surface area contributed by atoms with Crippen LogP contribution in [0.1, 0.15) is 5.56 Å². The number of benzene rings is 1. The maximum Gasteiger partial charge on any atom is 0.326 e. The van der Waals surface area contributed by atoms with Crippen molar-refractivity contribution in [2.75, 3.05) is 25.6 Å². The Kier molecular flexibility index (Phi) is 6.33. The number of carbonyl (C=O) groups is 2. The molecule has 0 atom stereocenters. The van der Waals surface area contributed by atoms with E-state index in [1.165, 1.54) is 16.8 Å². The number of ether oxygens (including phenoxy) is 1. The van der Waals surface area contributed by atoms with Crippen molar-refractivity contribution in [3.63, 3.8) is 0 Å². The molecule has 0 saturated heterocycles. The molecule has 2 aromatic rings. The zero-order chi connectivity index (χ0) is 18.2. The summed E-state index contributed by atoms with van der Waals surface area (Å²) in [5.41, 5.74) is 1.71. The van der Waals surface area contributed by atoms with Crippen LogP contribution in [0.5, 0.6) is 0 Å². The molecule has 0 radical (unpaired) electrons. The van der Waals surface area contributed by atoms with Crippen LogP contribution < -0.4 is 15.8 Å². The summed E-state index contributed by atoms with van der Waals surface area (Å²) in [5.74, 6) is -1.04. The van der Waals surface area contributed by atoms with E-state index >= 15 is 0 Å². The molecule has 132 valence electrons. The lowest BCUT2D eigenvalue weighted by atomic mass is 10.2. The molecule has 0 spiro atoms. The van der Waals surface area contributed by atoms with E-state index in [0.717, 1.165) is 11.3 Å². The molecule has 1 amide bonds. The molecule has 0 fully saturated rings. The fourth-order valence-corrected chi connectivity index (χ4v) is 2.09. The van der Waals surface area contributed by atoms with E-state index in [1.54, 1.807) is 12.1 Å². The highest BCUT2D eigenvalue weighted by Crippen LogP contribution is 2.11. The highest BCUT2D eigenvalue weighted by atomic mass is 16.5. The minimum atomic E-state index is -0.640. The van der Waals surface area contributed by atoms with Gasteiger partial charge in [-0.2, -0.15) is 0 Å². The summed E-state index contributed by atoms with van der Waals surface area (Å²) in [6.07, 6.45) is 1.49. The van der Waals surface area contributed by atoms with E-state index in [2.05, 4.69) is 5.32 Å². The zero-order valence-electron chi connectivity index (χ0n) is 14.3. The average molecular weight is 343 g/mol. The first kappa shape index (κ1) is 18.3. The number of carbonyl (C=O) groups excluding carboxylic acids is 2. The van der Waals surface area contributed by atoms with Crippen molar-refractivity contribution < 1.29 is 14.3 Å². The quantitative estimate of drug-likeness (QED) is 0.751. The Labute approximate surface area is 145 Å². The predicted molar refractivity (Wildman–Crippen MR) is 94.3 cm³/mol. The summed E-state index contributed by atoms with van der Waals surface area (Å²) in [5, 5.41) is 2.68. The average Bonchev–Trinajstić information content (AvgIpc) is 2.60. The van der Waals surface area contributed by atoms with Gasteiger partial charge < -0.3 is 19.5 Å². The molecule has 0 aliphatic heterocycles. The zero-order valence-corrected chi connectivity index (χ0v) is 14.3. The molecule has 0 aliphatic carbocycles. The second-order valence-electron chi connectivity index (χ2n) is 5.67. The Morgan fingerprint density at radius 1 is 1.12 bits per heavy atom. The molecule has 1 aromatic heterocycles. The van der Waals surface area contributed by atoms with Crippen LogP contribution in [0.4, 0.5) is 5.69 Å². The number of aromatic nitrogens is 1. The van der Waals surface area contributed by atoms with Gasteiger partial charge in [0.1, 0.15) is 6.54 Å². The Morgan fingerprint density at radius 2 is 1.84 bits per heavy atom. The Hall–Kier alpha value is -3.09. The van der Waals surface area contributed by atoms with Crippen LogP contribution in [0.15, 0.2) is 53.5 Å².